The number of halogens is 1. The van der Waals surface area contributed by atoms with Crippen LogP contribution in [0.15, 0.2) is 18.2 Å². The zero-order valence-corrected chi connectivity index (χ0v) is 13.2. The fraction of sp³-hybridized carbons (Fsp3) is 0.562. The number of aromatic nitrogens is 2. The molecule has 2 aromatic rings. The Balaban J connectivity index is 2.23. The highest BCUT2D eigenvalue weighted by atomic mass is 35.5. The zero-order valence-electron chi connectivity index (χ0n) is 12.4. The number of hydrogen-bond acceptors (Lipinski definition) is 2. The van der Waals surface area contributed by atoms with Crippen LogP contribution in [-0.4, -0.2) is 16.1 Å². The van der Waals surface area contributed by atoms with E-state index in [1.54, 1.807) is 0 Å². The van der Waals surface area contributed by atoms with Gasteiger partial charge in [0.1, 0.15) is 5.82 Å². The van der Waals surface area contributed by atoms with Gasteiger partial charge in [0.2, 0.25) is 0 Å². The lowest BCUT2D eigenvalue weighted by Gasteiger charge is -2.13. The maximum Gasteiger partial charge on any atom is 0.109 e. The molecule has 0 aliphatic carbocycles. The molecule has 3 nitrogen and oxygen atoms in total. The highest BCUT2D eigenvalue weighted by Crippen LogP contribution is 2.26. The second-order valence-corrected chi connectivity index (χ2v) is 5.68. The third-order valence-corrected chi connectivity index (χ3v) is 4.35. The third-order valence-electron chi connectivity index (χ3n) is 4.04. The minimum Gasteiger partial charge on any atom is -0.330 e. The summed E-state index contributed by atoms with van der Waals surface area (Å²) in [6, 6.07) is 5.93. The first-order valence-corrected chi connectivity index (χ1v) is 7.92. The maximum atomic E-state index is 6.32. The molecular formula is C16H24ClN3. The first-order chi connectivity index (χ1) is 9.71. The van der Waals surface area contributed by atoms with Crippen molar-refractivity contribution in [1.82, 2.24) is 9.55 Å². The molecule has 0 radical (unpaired) electrons. The van der Waals surface area contributed by atoms with Crippen LogP contribution < -0.4 is 5.73 Å². The molecule has 1 unspecified atom stereocenters. The molecule has 0 saturated carbocycles. The van der Waals surface area contributed by atoms with E-state index in [0.29, 0.717) is 5.92 Å². The molecule has 2 rings (SSSR count). The minimum atomic E-state index is 0.695. The number of nitrogens with two attached hydrogens (primary N) is 1. The number of aryl methyl sites for hydroxylation is 2. The summed E-state index contributed by atoms with van der Waals surface area (Å²) in [7, 11) is 0. The molecule has 1 aromatic carbocycles. The quantitative estimate of drug-likeness (QED) is 0.838. The summed E-state index contributed by atoms with van der Waals surface area (Å²) in [6.07, 6.45) is 4.43. The van der Waals surface area contributed by atoms with Gasteiger partial charge in [-0.3, -0.25) is 0 Å². The Morgan fingerprint density at radius 3 is 2.75 bits per heavy atom. The molecule has 0 aliphatic rings. The van der Waals surface area contributed by atoms with Crippen LogP contribution in [0.1, 0.15) is 38.9 Å². The Morgan fingerprint density at radius 2 is 2.10 bits per heavy atom. The third kappa shape index (κ3) is 3.15. The number of imidazole rings is 1. The fourth-order valence-electron chi connectivity index (χ4n) is 2.84. The van der Waals surface area contributed by atoms with Gasteiger partial charge in [-0.25, -0.2) is 4.98 Å². The Kier molecular flexibility index (Phi) is 5.44. The van der Waals surface area contributed by atoms with Crippen LogP contribution in [0.4, 0.5) is 0 Å². The normalized spacial score (nSPS) is 13.0. The number of hydrogen-bond donors (Lipinski definition) is 1. The number of benzene rings is 1. The Hall–Kier alpha value is -1.06. The van der Waals surface area contributed by atoms with Gasteiger partial charge in [-0.1, -0.05) is 31.0 Å². The summed E-state index contributed by atoms with van der Waals surface area (Å²) in [4.78, 5) is 4.76. The molecular weight excluding hydrogens is 270 g/mol. The predicted molar refractivity (Wildman–Crippen MR) is 86.2 cm³/mol. The van der Waals surface area contributed by atoms with Gasteiger partial charge in [0, 0.05) is 13.0 Å². The van der Waals surface area contributed by atoms with E-state index in [9.17, 15) is 0 Å². The summed E-state index contributed by atoms with van der Waals surface area (Å²) >= 11 is 6.32. The molecule has 1 heterocycles. The van der Waals surface area contributed by atoms with E-state index < -0.39 is 0 Å². The molecule has 0 aliphatic heterocycles. The summed E-state index contributed by atoms with van der Waals surface area (Å²) in [5, 5.41) is 0.789. The van der Waals surface area contributed by atoms with E-state index in [2.05, 4.69) is 18.4 Å². The Labute approximate surface area is 126 Å². The second-order valence-electron chi connectivity index (χ2n) is 5.27. The summed E-state index contributed by atoms with van der Waals surface area (Å²) in [5.74, 6) is 1.84. The van der Waals surface area contributed by atoms with E-state index in [4.69, 9.17) is 22.3 Å². The lowest BCUT2D eigenvalue weighted by atomic mass is 9.96. The van der Waals surface area contributed by atoms with Crippen LogP contribution in [0.2, 0.25) is 5.02 Å². The second kappa shape index (κ2) is 7.09. The topological polar surface area (TPSA) is 43.8 Å². The van der Waals surface area contributed by atoms with Crippen molar-refractivity contribution in [2.75, 3.05) is 6.54 Å². The monoisotopic (exact) mass is 293 g/mol. The van der Waals surface area contributed by atoms with Crippen LogP contribution >= 0.6 is 11.6 Å². The minimum absolute atomic E-state index is 0.695. The van der Waals surface area contributed by atoms with Crippen molar-refractivity contribution in [2.24, 2.45) is 11.7 Å². The standard InChI is InChI=1S/C16H24ClN3/c1-3-12(10-11-18)8-9-15-19-14-7-5-6-13(17)16(14)20(15)4-2/h5-7,12H,3-4,8-11,18H2,1-2H3. The van der Waals surface area contributed by atoms with Crippen LogP contribution in [0.25, 0.3) is 11.0 Å². The molecule has 4 heteroatoms. The van der Waals surface area contributed by atoms with Gasteiger partial charge in [0.05, 0.1) is 16.1 Å². The highest BCUT2D eigenvalue weighted by molar-refractivity contribution is 6.35. The lowest BCUT2D eigenvalue weighted by molar-refractivity contribution is 0.435. The lowest BCUT2D eigenvalue weighted by Crippen LogP contribution is -2.10. The molecule has 2 N–H and O–H groups in total. The Bertz CT molecular complexity index is 562. The average molecular weight is 294 g/mol. The van der Waals surface area contributed by atoms with Crippen molar-refractivity contribution < 1.29 is 0 Å². The van der Waals surface area contributed by atoms with Crippen molar-refractivity contribution >= 4 is 22.6 Å². The highest BCUT2D eigenvalue weighted by Gasteiger charge is 2.13. The van der Waals surface area contributed by atoms with Gasteiger partial charge < -0.3 is 10.3 Å². The zero-order chi connectivity index (χ0) is 14.5. The molecule has 110 valence electrons. The van der Waals surface area contributed by atoms with E-state index in [1.807, 2.05) is 18.2 Å². The number of fused-ring (bicyclic) bond motifs is 1. The maximum absolute atomic E-state index is 6.32. The van der Waals surface area contributed by atoms with E-state index in [0.717, 1.165) is 54.2 Å². The molecule has 0 amide bonds. The summed E-state index contributed by atoms with van der Waals surface area (Å²) in [5.41, 5.74) is 7.74. The number of para-hydroxylation sites is 1. The van der Waals surface area contributed by atoms with Crippen molar-refractivity contribution in [3.63, 3.8) is 0 Å². The van der Waals surface area contributed by atoms with Crippen molar-refractivity contribution in [3.05, 3.63) is 29.0 Å². The molecule has 0 spiro atoms. The molecule has 0 bridgehead atoms. The number of nitrogens with zero attached hydrogens (tertiary/aromatic N) is 2. The molecule has 0 fully saturated rings. The van der Waals surface area contributed by atoms with E-state index >= 15 is 0 Å². The molecule has 1 atom stereocenters. The van der Waals surface area contributed by atoms with Crippen LogP contribution in [-0.2, 0) is 13.0 Å². The van der Waals surface area contributed by atoms with Crippen LogP contribution in [0, 0.1) is 5.92 Å². The number of rotatable bonds is 7. The van der Waals surface area contributed by atoms with Gasteiger partial charge in [0.15, 0.2) is 0 Å². The van der Waals surface area contributed by atoms with Gasteiger partial charge >= 0.3 is 0 Å². The van der Waals surface area contributed by atoms with Crippen LogP contribution in [0.3, 0.4) is 0 Å². The Morgan fingerprint density at radius 1 is 1.30 bits per heavy atom. The van der Waals surface area contributed by atoms with Gasteiger partial charge in [0.25, 0.3) is 0 Å². The van der Waals surface area contributed by atoms with Crippen molar-refractivity contribution in [1.29, 1.82) is 0 Å². The SMILES string of the molecule is CCC(CCN)CCc1nc2cccc(Cl)c2n1CC. The molecule has 1 aromatic heterocycles. The van der Waals surface area contributed by atoms with Crippen molar-refractivity contribution in [3.8, 4) is 0 Å². The smallest absolute Gasteiger partial charge is 0.109 e. The summed E-state index contributed by atoms with van der Waals surface area (Å²) < 4.78 is 2.24. The van der Waals surface area contributed by atoms with Gasteiger partial charge in [-0.05, 0) is 44.4 Å². The molecule has 0 saturated heterocycles. The van der Waals surface area contributed by atoms with Gasteiger partial charge in [-0.2, -0.15) is 0 Å². The van der Waals surface area contributed by atoms with Gasteiger partial charge in [-0.15, -0.1) is 0 Å². The van der Waals surface area contributed by atoms with E-state index in [1.165, 1.54) is 6.42 Å². The largest absolute Gasteiger partial charge is 0.330 e. The van der Waals surface area contributed by atoms with Crippen molar-refractivity contribution in [2.45, 2.75) is 46.1 Å². The fourth-order valence-corrected chi connectivity index (χ4v) is 3.11. The predicted octanol–water partition coefficient (Wildman–Crippen LogP) is 4.02. The van der Waals surface area contributed by atoms with E-state index in [-0.39, 0.29) is 0 Å². The molecule has 20 heavy (non-hydrogen) atoms. The average Bonchev–Trinajstić information content (AvgIpc) is 2.82. The summed E-state index contributed by atoms with van der Waals surface area (Å²) in [6.45, 7) is 6.06. The first-order valence-electron chi connectivity index (χ1n) is 7.54. The first kappa shape index (κ1) is 15.3. The van der Waals surface area contributed by atoms with Crippen LogP contribution in [0.5, 0.6) is 0 Å².